The number of carbonyl (C=O) groups excluding carboxylic acids is 1. The van der Waals surface area contributed by atoms with Crippen molar-refractivity contribution < 1.29 is 4.79 Å². The molecule has 86 valence electrons. The minimum Gasteiger partial charge on any atom is -0.337 e. The molecule has 1 aromatic rings. The fourth-order valence-electron chi connectivity index (χ4n) is 1.96. The third kappa shape index (κ3) is 2.55. The van der Waals surface area contributed by atoms with Crippen LogP contribution in [0.2, 0.25) is 0 Å². The van der Waals surface area contributed by atoms with Crippen molar-refractivity contribution in [1.82, 2.24) is 10.2 Å². The van der Waals surface area contributed by atoms with Crippen LogP contribution in [-0.2, 0) is 0 Å². The average Bonchev–Trinajstić information content (AvgIpc) is 2.80. The molecule has 1 N–H and O–H groups in total. The van der Waals surface area contributed by atoms with Crippen molar-refractivity contribution in [3.05, 3.63) is 33.4 Å². The van der Waals surface area contributed by atoms with Crippen LogP contribution in [0.1, 0.15) is 16.8 Å². The number of nitrogens with one attached hydrogen (secondary N) is 1. The average molecular weight is 330 g/mol. The van der Waals surface area contributed by atoms with Crippen molar-refractivity contribution in [2.75, 3.05) is 20.1 Å². The van der Waals surface area contributed by atoms with Crippen LogP contribution in [0.15, 0.2) is 24.3 Å². The van der Waals surface area contributed by atoms with Crippen molar-refractivity contribution in [1.29, 1.82) is 0 Å². The van der Waals surface area contributed by atoms with Crippen LogP contribution in [0.25, 0.3) is 0 Å². The number of halogens is 1. The number of hydrogen-bond donors (Lipinski definition) is 1. The van der Waals surface area contributed by atoms with E-state index in [-0.39, 0.29) is 5.91 Å². The highest BCUT2D eigenvalue weighted by atomic mass is 127. The first-order valence-corrected chi connectivity index (χ1v) is 6.50. The van der Waals surface area contributed by atoms with E-state index < -0.39 is 0 Å². The topological polar surface area (TPSA) is 32.3 Å². The smallest absolute Gasteiger partial charge is 0.253 e. The van der Waals surface area contributed by atoms with Crippen LogP contribution in [0, 0.1) is 3.57 Å². The highest BCUT2D eigenvalue weighted by Gasteiger charge is 2.23. The van der Waals surface area contributed by atoms with Crippen LogP contribution < -0.4 is 5.32 Å². The third-order valence-electron chi connectivity index (χ3n) is 2.97. The van der Waals surface area contributed by atoms with Gasteiger partial charge in [-0.05, 0) is 53.8 Å². The van der Waals surface area contributed by atoms with Gasteiger partial charge in [-0.25, -0.2) is 0 Å². The van der Waals surface area contributed by atoms with Gasteiger partial charge >= 0.3 is 0 Å². The van der Waals surface area contributed by atoms with Crippen molar-refractivity contribution in [3.8, 4) is 0 Å². The summed E-state index contributed by atoms with van der Waals surface area (Å²) in [5.74, 6) is 0.118. The summed E-state index contributed by atoms with van der Waals surface area (Å²) >= 11 is 2.23. The quantitative estimate of drug-likeness (QED) is 0.838. The molecule has 1 heterocycles. The zero-order valence-corrected chi connectivity index (χ0v) is 11.4. The molecule has 0 bridgehead atoms. The molecule has 1 unspecified atom stereocenters. The Labute approximate surface area is 109 Å². The highest BCUT2D eigenvalue weighted by Crippen LogP contribution is 2.13. The number of hydrogen-bond acceptors (Lipinski definition) is 2. The van der Waals surface area contributed by atoms with Crippen LogP contribution in [0.3, 0.4) is 0 Å². The molecule has 0 saturated carbocycles. The molecule has 16 heavy (non-hydrogen) atoms. The van der Waals surface area contributed by atoms with Crippen molar-refractivity contribution in [2.24, 2.45) is 0 Å². The lowest BCUT2D eigenvalue weighted by molar-refractivity contribution is 0.0743. The van der Waals surface area contributed by atoms with Gasteiger partial charge in [0.2, 0.25) is 0 Å². The summed E-state index contributed by atoms with van der Waals surface area (Å²) in [6, 6.07) is 8.07. The van der Waals surface area contributed by atoms with Gasteiger partial charge in [0.1, 0.15) is 0 Å². The first-order chi connectivity index (χ1) is 7.68. The zero-order chi connectivity index (χ0) is 11.5. The molecule has 1 fully saturated rings. The molecule has 0 aliphatic carbocycles. The van der Waals surface area contributed by atoms with Crippen molar-refractivity contribution in [3.63, 3.8) is 0 Å². The fourth-order valence-corrected chi connectivity index (χ4v) is 2.50. The molecule has 4 heteroatoms. The summed E-state index contributed by atoms with van der Waals surface area (Å²) in [6.07, 6.45) is 1.05. The van der Waals surface area contributed by atoms with E-state index in [1.165, 1.54) is 0 Å². The van der Waals surface area contributed by atoms with Crippen LogP contribution >= 0.6 is 22.6 Å². The van der Waals surface area contributed by atoms with Crippen molar-refractivity contribution in [2.45, 2.75) is 12.5 Å². The first kappa shape index (κ1) is 11.9. The lowest BCUT2D eigenvalue weighted by atomic mass is 10.1. The molecule has 0 radical (unpaired) electrons. The Morgan fingerprint density at radius 2 is 2.38 bits per heavy atom. The molecule has 1 atom stereocenters. The summed E-state index contributed by atoms with van der Waals surface area (Å²) < 4.78 is 1.10. The summed E-state index contributed by atoms with van der Waals surface area (Å²) in [5, 5.41) is 3.28. The number of likely N-dealkylation sites (N-methyl/N-ethyl adjacent to an activating group) is 1. The lowest BCUT2D eigenvalue weighted by Gasteiger charge is -2.23. The number of amides is 1. The van der Waals surface area contributed by atoms with E-state index in [0.29, 0.717) is 6.04 Å². The Morgan fingerprint density at radius 3 is 3.00 bits per heavy atom. The monoisotopic (exact) mass is 330 g/mol. The maximum absolute atomic E-state index is 12.2. The molecule has 3 nitrogen and oxygen atoms in total. The molecule has 0 aromatic heterocycles. The van der Waals surface area contributed by atoms with E-state index in [1.54, 1.807) is 0 Å². The van der Waals surface area contributed by atoms with E-state index >= 15 is 0 Å². The predicted octanol–water partition coefficient (Wildman–Crippen LogP) is 1.73. The second-order valence-electron chi connectivity index (χ2n) is 4.07. The third-order valence-corrected chi connectivity index (χ3v) is 3.64. The van der Waals surface area contributed by atoms with Crippen molar-refractivity contribution >= 4 is 28.5 Å². The van der Waals surface area contributed by atoms with Gasteiger partial charge in [0.15, 0.2) is 0 Å². The second-order valence-corrected chi connectivity index (χ2v) is 5.32. The number of carbonyl (C=O) groups is 1. The standard InChI is InChI=1S/C12H15IN2O/c1-15(11-5-6-14-8-11)12(16)9-3-2-4-10(13)7-9/h2-4,7,11,14H,5-6,8H2,1H3. The van der Waals surface area contributed by atoms with E-state index in [9.17, 15) is 4.79 Å². The minimum absolute atomic E-state index is 0.118. The summed E-state index contributed by atoms with van der Waals surface area (Å²) in [7, 11) is 1.89. The van der Waals surface area contributed by atoms with E-state index in [2.05, 4.69) is 27.9 Å². The van der Waals surface area contributed by atoms with Gasteiger partial charge in [0.25, 0.3) is 5.91 Å². The molecular formula is C12H15IN2O. The molecule has 0 spiro atoms. The summed E-state index contributed by atoms with van der Waals surface area (Å²) in [5.41, 5.74) is 0.779. The van der Waals surface area contributed by atoms with Gasteiger partial charge in [-0.1, -0.05) is 6.07 Å². The number of nitrogens with zero attached hydrogens (tertiary/aromatic N) is 1. The molecular weight excluding hydrogens is 315 g/mol. The SMILES string of the molecule is CN(C(=O)c1cccc(I)c1)C1CCNC1. The Balaban J connectivity index is 2.12. The molecule has 1 saturated heterocycles. The second kappa shape index (κ2) is 5.14. The Hall–Kier alpha value is -0.620. The Morgan fingerprint density at radius 1 is 1.56 bits per heavy atom. The van der Waals surface area contributed by atoms with E-state index in [4.69, 9.17) is 0 Å². The molecule has 1 aliphatic rings. The van der Waals surface area contributed by atoms with Crippen LogP contribution in [0.5, 0.6) is 0 Å². The first-order valence-electron chi connectivity index (χ1n) is 5.42. The van der Waals surface area contributed by atoms with Gasteiger partial charge in [-0.2, -0.15) is 0 Å². The predicted molar refractivity (Wildman–Crippen MR) is 72.5 cm³/mol. The van der Waals surface area contributed by atoms with Crippen LogP contribution in [0.4, 0.5) is 0 Å². The highest BCUT2D eigenvalue weighted by molar-refractivity contribution is 14.1. The Kier molecular flexibility index (Phi) is 3.81. The van der Waals surface area contributed by atoms with Gasteiger partial charge < -0.3 is 10.2 Å². The number of rotatable bonds is 2. The van der Waals surface area contributed by atoms with Gasteiger partial charge in [0.05, 0.1) is 0 Å². The minimum atomic E-state index is 0.118. The molecule has 1 aromatic carbocycles. The lowest BCUT2D eigenvalue weighted by Crippen LogP contribution is -2.38. The van der Waals surface area contributed by atoms with E-state index in [0.717, 1.165) is 28.6 Å². The normalized spacial score (nSPS) is 19.8. The van der Waals surface area contributed by atoms with Gasteiger partial charge in [-0.3, -0.25) is 4.79 Å². The van der Waals surface area contributed by atoms with Gasteiger partial charge in [0, 0.05) is 28.8 Å². The fraction of sp³-hybridized carbons (Fsp3) is 0.417. The van der Waals surface area contributed by atoms with Crippen LogP contribution in [-0.4, -0.2) is 37.0 Å². The summed E-state index contributed by atoms with van der Waals surface area (Å²) in [6.45, 7) is 1.92. The van der Waals surface area contributed by atoms with E-state index in [1.807, 2.05) is 36.2 Å². The Bertz CT molecular complexity index is 388. The maximum Gasteiger partial charge on any atom is 0.253 e. The number of benzene rings is 1. The zero-order valence-electron chi connectivity index (χ0n) is 9.24. The molecule has 1 amide bonds. The van der Waals surface area contributed by atoms with Gasteiger partial charge in [-0.15, -0.1) is 0 Å². The largest absolute Gasteiger partial charge is 0.337 e. The molecule has 2 rings (SSSR count). The molecule has 1 aliphatic heterocycles. The summed E-state index contributed by atoms with van der Waals surface area (Å²) in [4.78, 5) is 14.0. The maximum atomic E-state index is 12.2.